The molecule has 1 aliphatic carbocycles. The molecule has 1 aromatic carbocycles. The first kappa shape index (κ1) is 16.3. The Morgan fingerprint density at radius 3 is 2.48 bits per heavy atom. The molecular weight excluding hydrogens is 336 g/mol. The standard InChI is InChI=1S/C19H21ClN4O/c20-16-12-17(23-18(22-16)13-6-7-13)24-10-8-14(9-11-24)19(25)21-15-4-2-1-3-5-15/h1-5,12-14H,6-11H2,(H,21,25). The summed E-state index contributed by atoms with van der Waals surface area (Å²) in [6.45, 7) is 1.62. The molecular formula is C19H21ClN4O. The Labute approximate surface area is 152 Å². The highest BCUT2D eigenvalue weighted by atomic mass is 35.5. The molecule has 0 unspecified atom stereocenters. The molecule has 1 saturated heterocycles. The van der Waals surface area contributed by atoms with Crippen LogP contribution in [-0.2, 0) is 4.79 Å². The monoisotopic (exact) mass is 356 g/mol. The van der Waals surface area contributed by atoms with Crippen molar-refractivity contribution in [2.75, 3.05) is 23.3 Å². The molecule has 130 valence electrons. The van der Waals surface area contributed by atoms with Gasteiger partial charge in [0, 0.05) is 36.7 Å². The Kier molecular flexibility index (Phi) is 4.57. The first-order valence-electron chi connectivity index (χ1n) is 8.84. The maximum Gasteiger partial charge on any atom is 0.227 e. The minimum absolute atomic E-state index is 0.0386. The van der Waals surface area contributed by atoms with E-state index < -0.39 is 0 Å². The van der Waals surface area contributed by atoms with Crippen LogP contribution in [-0.4, -0.2) is 29.0 Å². The Morgan fingerprint density at radius 1 is 1.08 bits per heavy atom. The maximum absolute atomic E-state index is 12.4. The Morgan fingerprint density at radius 2 is 1.80 bits per heavy atom. The van der Waals surface area contributed by atoms with Crippen LogP contribution in [0.3, 0.4) is 0 Å². The summed E-state index contributed by atoms with van der Waals surface area (Å²) in [7, 11) is 0. The van der Waals surface area contributed by atoms with Gasteiger partial charge in [0.25, 0.3) is 0 Å². The number of carbonyl (C=O) groups excluding carboxylic acids is 1. The fourth-order valence-corrected chi connectivity index (χ4v) is 3.43. The van der Waals surface area contributed by atoms with Gasteiger partial charge in [-0.2, -0.15) is 0 Å². The number of nitrogens with one attached hydrogen (secondary N) is 1. The normalized spacial score (nSPS) is 18.2. The fraction of sp³-hybridized carbons (Fsp3) is 0.421. The number of halogens is 1. The Bertz CT molecular complexity index is 755. The molecule has 1 N–H and O–H groups in total. The van der Waals surface area contributed by atoms with Gasteiger partial charge in [0.15, 0.2) is 0 Å². The number of piperidine rings is 1. The van der Waals surface area contributed by atoms with E-state index in [1.807, 2.05) is 36.4 Å². The van der Waals surface area contributed by atoms with Crippen molar-refractivity contribution in [2.24, 2.45) is 5.92 Å². The lowest BCUT2D eigenvalue weighted by atomic mass is 9.96. The maximum atomic E-state index is 12.4. The van der Waals surface area contributed by atoms with Crippen LogP contribution in [0.2, 0.25) is 5.15 Å². The average Bonchev–Trinajstić information content (AvgIpc) is 3.47. The van der Waals surface area contributed by atoms with Crippen molar-refractivity contribution in [3.8, 4) is 0 Å². The lowest BCUT2D eigenvalue weighted by Gasteiger charge is -2.32. The van der Waals surface area contributed by atoms with Crippen LogP contribution in [0.1, 0.15) is 37.4 Å². The number of amides is 1. The summed E-state index contributed by atoms with van der Waals surface area (Å²) in [5.41, 5.74) is 0.853. The van der Waals surface area contributed by atoms with E-state index >= 15 is 0 Å². The lowest BCUT2D eigenvalue weighted by Crippen LogP contribution is -2.38. The number of para-hydroxylation sites is 1. The van der Waals surface area contributed by atoms with E-state index in [2.05, 4.69) is 20.2 Å². The lowest BCUT2D eigenvalue weighted by molar-refractivity contribution is -0.120. The van der Waals surface area contributed by atoms with E-state index in [1.165, 1.54) is 0 Å². The minimum atomic E-state index is 0.0386. The summed E-state index contributed by atoms with van der Waals surface area (Å²) in [5, 5.41) is 3.51. The molecule has 1 aliphatic heterocycles. The van der Waals surface area contributed by atoms with E-state index in [9.17, 15) is 4.79 Å². The molecule has 5 nitrogen and oxygen atoms in total. The van der Waals surface area contributed by atoms with Crippen LogP contribution in [0.4, 0.5) is 11.5 Å². The van der Waals surface area contributed by atoms with Crippen LogP contribution in [0.5, 0.6) is 0 Å². The first-order valence-corrected chi connectivity index (χ1v) is 9.22. The molecule has 2 heterocycles. The third-order valence-electron chi connectivity index (χ3n) is 4.87. The molecule has 0 atom stereocenters. The first-order chi connectivity index (χ1) is 12.2. The topological polar surface area (TPSA) is 58.1 Å². The van der Waals surface area contributed by atoms with Gasteiger partial charge in [0.2, 0.25) is 5.91 Å². The van der Waals surface area contributed by atoms with E-state index in [0.717, 1.165) is 56.1 Å². The molecule has 2 fully saturated rings. The molecule has 1 saturated carbocycles. The molecule has 2 aliphatic rings. The molecule has 25 heavy (non-hydrogen) atoms. The number of anilines is 2. The number of hydrogen-bond acceptors (Lipinski definition) is 4. The average molecular weight is 357 g/mol. The quantitative estimate of drug-likeness (QED) is 0.845. The number of benzene rings is 1. The van der Waals surface area contributed by atoms with Gasteiger partial charge in [-0.3, -0.25) is 4.79 Å². The minimum Gasteiger partial charge on any atom is -0.356 e. The SMILES string of the molecule is O=C(Nc1ccccc1)C1CCN(c2cc(Cl)nc(C3CC3)n2)CC1. The third kappa shape index (κ3) is 3.93. The number of hydrogen-bond donors (Lipinski definition) is 1. The summed E-state index contributed by atoms with van der Waals surface area (Å²) in [4.78, 5) is 23.7. The van der Waals surface area contributed by atoms with E-state index in [1.54, 1.807) is 0 Å². The molecule has 1 amide bonds. The van der Waals surface area contributed by atoms with Crippen molar-refractivity contribution < 1.29 is 4.79 Å². The fourth-order valence-electron chi connectivity index (χ4n) is 3.25. The highest BCUT2D eigenvalue weighted by Crippen LogP contribution is 2.39. The van der Waals surface area contributed by atoms with Crippen LogP contribution in [0, 0.1) is 5.92 Å². The molecule has 4 rings (SSSR count). The van der Waals surface area contributed by atoms with Crippen LogP contribution in [0.25, 0.3) is 0 Å². The van der Waals surface area contributed by atoms with Crippen molar-refractivity contribution in [3.63, 3.8) is 0 Å². The summed E-state index contributed by atoms with van der Waals surface area (Å²) in [5.74, 6) is 2.38. The molecule has 6 heteroatoms. The van der Waals surface area contributed by atoms with Gasteiger partial charge in [-0.1, -0.05) is 29.8 Å². The number of aromatic nitrogens is 2. The highest BCUT2D eigenvalue weighted by molar-refractivity contribution is 6.29. The zero-order valence-electron chi connectivity index (χ0n) is 14.0. The van der Waals surface area contributed by atoms with Crippen LogP contribution in [0.15, 0.2) is 36.4 Å². The molecule has 0 radical (unpaired) electrons. The molecule has 1 aromatic heterocycles. The summed E-state index contributed by atoms with van der Waals surface area (Å²) >= 11 is 6.17. The van der Waals surface area contributed by atoms with Gasteiger partial charge in [0.05, 0.1) is 0 Å². The summed E-state index contributed by atoms with van der Waals surface area (Å²) < 4.78 is 0. The zero-order valence-corrected chi connectivity index (χ0v) is 14.7. The van der Waals surface area contributed by atoms with Crippen molar-refractivity contribution in [2.45, 2.75) is 31.6 Å². The molecule has 0 bridgehead atoms. The Balaban J connectivity index is 1.37. The van der Waals surface area contributed by atoms with Crippen molar-refractivity contribution >= 4 is 29.0 Å². The summed E-state index contributed by atoms with van der Waals surface area (Å²) in [6.07, 6.45) is 3.95. The van der Waals surface area contributed by atoms with Crippen molar-refractivity contribution in [3.05, 3.63) is 47.4 Å². The Hall–Kier alpha value is -2.14. The van der Waals surface area contributed by atoms with Gasteiger partial charge < -0.3 is 10.2 Å². The van der Waals surface area contributed by atoms with E-state index in [-0.39, 0.29) is 11.8 Å². The number of carbonyl (C=O) groups is 1. The van der Waals surface area contributed by atoms with Crippen molar-refractivity contribution in [1.82, 2.24) is 9.97 Å². The van der Waals surface area contributed by atoms with Gasteiger partial charge in [-0.05, 0) is 37.8 Å². The van der Waals surface area contributed by atoms with Crippen LogP contribution < -0.4 is 10.2 Å². The molecule has 2 aromatic rings. The van der Waals surface area contributed by atoms with Gasteiger partial charge in [-0.25, -0.2) is 9.97 Å². The third-order valence-corrected chi connectivity index (χ3v) is 5.07. The van der Waals surface area contributed by atoms with Crippen molar-refractivity contribution in [1.29, 1.82) is 0 Å². The predicted molar refractivity (Wildman–Crippen MR) is 99.0 cm³/mol. The largest absolute Gasteiger partial charge is 0.356 e. The van der Waals surface area contributed by atoms with Crippen LogP contribution >= 0.6 is 11.6 Å². The highest BCUT2D eigenvalue weighted by Gasteiger charge is 2.29. The molecule has 0 spiro atoms. The van der Waals surface area contributed by atoms with E-state index in [4.69, 9.17) is 11.6 Å². The zero-order chi connectivity index (χ0) is 17.2. The summed E-state index contributed by atoms with van der Waals surface area (Å²) in [6, 6.07) is 11.4. The second-order valence-corrected chi connectivity index (χ2v) is 7.19. The van der Waals surface area contributed by atoms with Gasteiger partial charge >= 0.3 is 0 Å². The van der Waals surface area contributed by atoms with Gasteiger partial charge in [0.1, 0.15) is 16.8 Å². The number of nitrogens with zero attached hydrogens (tertiary/aromatic N) is 3. The second kappa shape index (κ2) is 7.00. The predicted octanol–water partition coefficient (Wildman–Crippen LogP) is 3.86. The second-order valence-electron chi connectivity index (χ2n) is 6.80. The van der Waals surface area contributed by atoms with E-state index in [0.29, 0.717) is 11.1 Å². The van der Waals surface area contributed by atoms with Gasteiger partial charge in [-0.15, -0.1) is 0 Å². The smallest absolute Gasteiger partial charge is 0.227 e. The number of rotatable bonds is 4.